The van der Waals surface area contributed by atoms with E-state index in [1.807, 2.05) is 45.0 Å². The smallest absolute Gasteiger partial charge is 0.127 e. The molecule has 4 heteroatoms. The summed E-state index contributed by atoms with van der Waals surface area (Å²) in [6.45, 7) is 11.1. The minimum Gasteiger partial charge on any atom is -0.381 e. The Balaban J connectivity index is 1.91. The minimum absolute atomic E-state index is 0.139. The first-order chi connectivity index (χ1) is 15.5. The Morgan fingerprint density at radius 2 is 2.03 bits per heavy atom. The van der Waals surface area contributed by atoms with Crippen LogP contribution < -0.4 is 0 Å². The molecule has 0 bridgehead atoms. The predicted octanol–water partition coefficient (Wildman–Crippen LogP) is 7.09. The Hall–Kier alpha value is -3.07. The number of hydrogen-bond donors (Lipinski definition) is 1. The third kappa shape index (κ3) is 5.40. The first kappa shape index (κ1) is 23.6. The largest absolute Gasteiger partial charge is 0.381 e. The molecular weight excluding hydrogens is 399 g/mol. The van der Waals surface area contributed by atoms with Crippen LogP contribution in [0.4, 0.5) is 10.1 Å². The fraction of sp³-hybridized carbons (Fsp3) is 0.321. The first-order valence-corrected chi connectivity index (χ1v) is 11.1. The summed E-state index contributed by atoms with van der Waals surface area (Å²) in [6, 6.07) is 9.59. The van der Waals surface area contributed by atoms with Crippen molar-refractivity contribution >= 4 is 18.1 Å². The average molecular weight is 431 g/mol. The van der Waals surface area contributed by atoms with Gasteiger partial charge in [0.15, 0.2) is 0 Å². The normalized spacial score (nSPS) is 15.1. The lowest BCUT2D eigenvalue weighted by Crippen LogP contribution is -2.18. The van der Waals surface area contributed by atoms with Gasteiger partial charge in [0.1, 0.15) is 5.82 Å². The zero-order valence-corrected chi connectivity index (χ0v) is 19.2. The molecule has 0 aromatic heterocycles. The van der Waals surface area contributed by atoms with Crippen LogP contribution in [-0.4, -0.2) is 25.6 Å². The lowest BCUT2D eigenvalue weighted by Gasteiger charge is -2.23. The van der Waals surface area contributed by atoms with Gasteiger partial charge in [-0.05, 0) is 85.9 Å². The van der Waals surface area contributed by atoms with Crippen molar-refractivity contribution in [2.45, 2.75) is 40.0 Å². The van der Waals surface area contributed by atoms with E-state index in [1.165, 1.54) is 6.21 Å². The Morgan fingerprint density at radius 3 is 2.66 bits per heavy atom. The van der Waals surface area contributed by atoms with Gasteiger partial charge < -0.3 is 10.1 Å². The van der Waals surface area contributed by atoms with Crippen molar-refractivity contribution in [2.24, 2.45) is 10.9 Å². The van der Waals surface area contributed by atoms with E-state index in [4.69, 9.17) is 10.1 Å². The number of benzene rings is 2. The van der Waals surface area contributed by atoms with E-state index in [2.05, 4.69) is 23.4 Å². The molecule has 1 heterocycles. The maximum absolute atomic E-state index is 15.1. The Kier molecular flexibility index (Phi) is 8.10. The molecule has 2 aromatic rings. The van der Waals surface area contributed by atoms with E-state index in [0.717, 1.165) is 66.0 Å². The number of aryl methyl sites for hydroxylation is 1. The summed E-state index contributed by atoms with van der Waals surface area (Å²) in [5.41, 5.74) is 9.59. The van der Waals surface area contributed by atoms with Crippen molar-refractivity contribution in [3.8, 4) is 11.1 Å². The molecule has 2 aromatic carbocycles. The maximum Gasteiger partial charge on any atom is 0.127 e. The Labute approximate surface area is 190 Å². The SMILES string of the molecule is C=C=C(/C=N\c1cccc(-c2cc(C)c(CC3CCOCC3)c(F)c2)c1C)/C(C=N)=C/C. The fourth-order valence-electron chi connectivity index (χ4n) is 4.18. The highest BCUT2D eigenvalue weighted by Crippen LogP contribution is 2.33. The van der Waals surface area contributed by atoms with Crippen molar-refractivity contribution < 1.29 is 9.13 Å². The summed E-state index contributed by atoms with van der Waals surface area (Å²) >= 11 is 0. The molecule has 0 aliphatic carbocycles. The highest BCUT2D eigenvalue weighted by molar-refractivity contribution is 5.98. The van der Waals surface area contributed by atoms with Gasteiger partial charge in [-0.3, -0.25) is 4.99 Å². The third-order valence-corrected chi connectivity index (χ3v) is 6.17. The van der Waals surface area contributed by atoms with E-state index < -0.39 is 0 Å². The lowest BCUT2D eigenvalue weighted by molar-refractivity contribution is 0.0662. The van der Waals surface area contributed by atoms with Gasteiger partial charge in [0.05, 0.1) is 5.69 Å². The molecule has 166 valence electrons. The van der Waals surface area contributed by atoms with Gasteiger partial charge in [-0.25, -0.2) is 4.39 Å². The van der Waals surface area contributed by atoms with Crippen molar-refractivity contribution in [3.63, 3.8) is 0 Å². The standard InChI is InChI=1S/C28H31FN2O/c1-5-22(17-30)23(6-2)18-31-28-9-7-8-25(20(28)4)24-14-19(3)26(27(29)16-24)15-21-10-12-32-13-11-21/h5,7-9,14,16-18,21,30H,2,10-13,15H2,1,3-4H3/b22-5+,30-17?,31-18-. The molecule has 1 N–H and O–H groups in total. The van der Waals surface area contributed by atoms with Crippen LogP contribution in [0.3, 0.4) is 0 Å². The molecule has 1 aliphatic heterocycles. The third-order valence-electron chi connectivity index (χ3n) is 6.17. The zero-order chi connectivity index (χ0) is 23.1. The van der Waals surface area contributed by atoms with Crippen molar-refractivity contribution in [3.05, 3.63) is 82.4 Å². The van der Waals surface area contributed by atoms with Gasteiger partial charge in [-0.1, -0.05) is 30.9 Å². The zero-order valence-electron chi connectivity index (χ0n) is 19.2. The predicted molar refractivity (Wildman–Crippen MR) is 132 cm³/mol. The average Bonchev–Trinajstić information content (AvgIpc) is 2.80. The summed E-state index contributed by atoms with van der Waals surface area (Å²) < 4.78 is 20.6. The molecule has 1 saturated heterocycles. The summed E-state index contributed by atoms with van der Waals surface area (Å²) in [7, 11) is 0. The maximum atomic E-state index is 15.1. The van der Waals surface area contributed by atoms with Gasteiger partial charge in [0.25, 0.3) is 0 Å². The van der Waals surface area contributed by atoms with Crippen LogP contribution in [0.5, 0.6) is 0 Å². The van der Waals surface area contributed by atoms with E-state index in [-0.39, 0.29) is 5.82 Å². The number of nitrogens with one attached hydrogen (secondary N) is 1. The van der Waals surface area contributed by atoms with Crippen LogP contribution in [0.1, 0.15) is 36.5 Å². The second-order valence-corrected chi connectivity index (χ2v) is 8.20. The van der Waals surface area contributed by atoms with Crippen molar-refractivity contribution in [1.29, 1.82) is 5.41 Å². The van der Waals surface area contributed by atoms with E-state index in [0.29, 0.717) is 17.1 Å². The van der Waals surface area contributed by atoms with Crippen molar-refractivity contribution in [2.75, 3.05) is 13.2 Å². The quantitative estimate of drug-likeness (QED) is 0.284. The van der Waals surface area contributed by atoms with Gasteiger partial charge in [-0.2, -0.15) is 0 Å². The summed E-state index contributed by atoms with van der Waals surface area (Å²) in [6.07, 6.45) is 7.51. The number of halogens is 1. The minimum atomic E-state index is -0.139. The van der Waals surface area contributed by atoms with Gasteiger partial charge in [0, 0.05) is 36.8 Å². The molecule has 0 atom stereocenters. The summed E-state index contributed by atoms with van der Waals surface area (Å²) in [4.78, 5) is 4.61. The molecule has 0 saturated carbocycles. The topological polar surface area (TPSA) is 45.4 Å². The molecule has 3 nitrogen and oxygen atoms in total. The monoisotopic (exact) mass is 430 g/mol. The van der Waals surface area contributed by atoms with Gasteiger partial charge in [-0.15, -0.1) is 5.73 Å². The van der Waals surface area contributed by atoms with E-state index >= 15 is 4.39 Å². The van der Waals surface area contributed by atoms with Gasteiger partial charge in [0.2, 0.25) is 0 Å². The van der Waals surface area contributed by atoms with Crippen LogP contribution in [0.25, 0.3) is 11.1 Å². The molecule has 1 fully saturated rings. The molecule has 1 aliphatic rings. The highest BCUT2D eigenvalue weighted by atomic mass is 19.1. The van der Waals surface area contributed by atoms with Crippen LogP contribution in [0.15, 0.2) is 64.9 Å². The van der Waals surface area contributed by atoms with Crippen molar-refractivity contribution in [1.82, 2.24) is 0 Å². The molecule has 0 unspecified atom stereocenters. The summed E-state index contributed by atoms with van der Waals surface area (Å²) in [5.74, 6) is 0.345. The molecule has 3 rings (SSSR count). The number of aliphatic imine (C=N–C) groups is 1. The molecular formula is C28H31FN2O. The number of allylic oxidation sites excluding steroid dienone is 3. The molecule has 0 amide bonds. The van der Waals surface area contributed by atoms with E-state index in [1.54, 1.807) is 12.3 Å². The second-order valence-electron chi connectivity index (χ2n) is 8.20. The van der Waals surface area contributed by atoms with Gasteiger partial charge >= 0.3 is 0 Å². The summed E-state index contributed by atoms with van der Waals surface area (Å²) in [5, 5.41) is 7.52. The first-order valence-electron chi connectivity index (χ1n) is 11.1. The highest BCUT2D eigenvalue weighted by Gasteiger charge is 2.19. The van der Waals surface area contributed by atoms with Crippen LogP contribution in [0, 0.1) is 31.0 Å². The number of hydrogen-bond acceptors (Lipinski definition) is 3. The number of nitrogens with zero attached hydrogens (tertiary/aromatic N) is 1. The number of rotatable bonds is 7. The van der Waals surface area contributed by atoms with Crippen LogP contribution in [-0.2, 0) is 11.2 Å². The fourth-order valence-corrected chi connectivity index (χ4v) is 4.18. The number of ether oxygens (including phenoxy) is 1. The van der Waals surface area contributed by atoms with E-state index in [9.17, 15) is 0 Å². The van der Waals surface area contributed by atoms with Crippen LogP contribution in [0.2, 0.25) is 0 Å². The molecule has 32 heavy (non-hydrogen) atoms. The van der Waals surface area contributed by atoms with Crippen LogP contribution >= 0.6 is 0 Å². The Bertz CT molecular complexity index is 1080. The molecule has 0 radical (unpaired) electrons. The second kappa shape index (κ2) is 11.0. The lowest BCUT2D eigenvalue weighted by atomic mass is 9.88. The molecule has 0 spiro atoms. The Morgan fingerprint density at radius 1 is 1.28 bits per heavy atom.